The van der Waals surface area contributed by atoms with E-state index in [9.17, 15) is 30.0 Å². The number of aryl methyl sites for hydroxylation is 2. The topological polar surface area (TPSA) is 140 Å². The van der Waals surface area contributed by atoms with E-state index in [4.69, 9.17) is 0 Å². The lowest BCUT2D eigenvalue weighted by molar-refractivity contribution is -0.211. The van der Waals surface area contributed by atoms with E-state index >= 15 is 0 Å². The van der Waals surface area contributed by atoms with E-state index in [1.807, 2.05) is 44.2 Å². The zero-order valence-corrected chi connectivity index (χ0v) is 31.3. The van der Waals surface area contributed by atoms with Crippen molar-refractivity contribution in [3.8, 4) is 11.8 Å². The number of anilines is 1. The number of fused-ring (bicyclic) bond motifs is 5. The van der Waals surface area contributed by atoms with Crippen molar-refractivity contribution in [2.24, 2.45) is 46.3 Å². The van der Waals surface area contributed by atoms with E-state index in [0.29, 0.717) is 44.2 Å². The van der Waals surface area contributed by atoms with Crippen molar-refractivity contribution in [2.45, 2.75) is 130 Å². The molecule has 1 aromatic heterocycles. The molecule has 11 atom stereocenters. The Labute approximate surface area is 303 Å². The number of nitrogens with one attached hydrogen (secondary N) is 1. The maximum absolute atomic E-state index is 12.3. The predicted octanol–water partition coefficient (Wildman–Crippen LogP) is 6.95. The van der Waals surface area contributed by atoms with Crippen LogP contribution < -0.4 is 5.32 Å². The molecule has 8 nitrogen and oxygen atoms in total. The molecule has 11 unspecified atom stereocenters. The number of carboxylic acid groups (broad SMARTS) is 1. The van der Waals surface area contributed by atoms with Gasteiger partial charge in [0.2, 0.25) is 0 Å². The minimum Gasteiger partial charge on any atom is -0.481 e. The molecular formula is C43H58N2O6. The molecule has 4 aliphatic rings. The molecule has 1 heterocycles. The third-order valence-electron chi connectivity index (χ3n) is 14.3. The third kappa shape index (κ3) is 6.99. The van der Waals surface area contributed by atoms with Crippen molar-refractivity contribution < 1.29 is 30.0 Å². The molecule has 276 valence electrons. The standard InChI is InChI=1S/C43H58N2O6/c1-7-31-21-35(39(27(4)46)26(3)45-31)44-24-29-11-9-28(10-12-29)16-17-43(51)19-18-41(5)30(23-43)20-36(47)40-33-14-13-32(25(2)8-15-38(49)50)42(33,6)37(48)22-34(40)41/h9-12,21,25,30,32-34,36-37,40,47-48,51H,7-8,13-15,18-20,22-24H2,1-6H3,(H,44,45)(H,49,50). The van der Waals surface area contributed by atoms with Crippen LogP contribution in [0.5, 0.6) is 0 Å². The van der Waals surface area contributed by atoms with Gasteiger partial charge in [-0.2, -0.15) is 0 Å². The average Bonchev–Trinajstić information content (AvgIpc) is 3.45. The van der Waals surface area contributed by atoms with Crippen LogP contribution in [0.15, 0.2) is 30.3 Å². The van der Waals surface area contributed by atoms with E-state index in [0.717, 1.165) is 53.9 Å². The summed E-state index contributed by atoms with van der Waals surface area (Å²) in [6.45, 7) is 12.7. The molecule has 4 saturated carbocycles. The molecule has 2 aromatic rings. The van der Waals surface area contributed by atoms with Gasteiger partial charge in [-0.15, -0.1) is 0 Å². The highest BCUT2D eigenvalue weighted by Crippen LogP contribution is 2.69. The van der Waals surface area contributed by atoms with Gasteiger partial charge in [-0.25, -0.2) is 0 Å². The van der Waals surface area contributed by atoms with Crippen molar-refractivity contribution >= 4 is 17.4 Å². The number of carbonyl (C=O) groups is 2. The fraction of sp³-hybridized carbons (Fsp3) is 0.651. The monoisotopic (exact) mass is 698 g/mol. The highest BCUT2D eigenvalue weighted by molar-refractivity contribution is 6.00. The van der Waals surface area contributed by atoms with Gasteiger partial charge in [0.15, 0.2) is 5.78 Å². The van der Waals surface area contributed by atoms with Crippen LogP contribution in [-0.2, 0) is 17.8 Å². The van der Waals surface area contributed by atoms with Gasteiger partial charge >= 0.3 is 5.97 Å². The lowest BCUT2D eigenvalue weighted by Gasteiger charge is -2.64. The van der Waals surface area contributed by atoms with E-state index < -0.39 is 23.8 Å². The van der Waals surface area contributed by atoms with Gasteiger partial charge in [-0.3, -0.25) is 14.6 Å². The summed E-state index contributed by atoms with van der Waals surface area (Å²) >= 11 is 0. The quantitative estimate of drug-likeness (QED) is 0.140. The highest BCUT2D eigenvalue weighted by Gasteiger charge is 2.66. The number of aliphatic hydroxyl groups excluding tert-OH is 2. The number of aliphatic hydroxyl groups is 3. The molecule has 4 aliphatic carbocycles. The summed E-state index contributed by atoms with van der Waals surface area (Å²) in [5.74, 6) is 6.71. The van der Waals surface area contributed by atoms with Crippen molar-refractivity contribution in [1.82, 2.24) is 4.98 Å². The molecule has 0 bridgehead atoms. The van der Waals surface area contributed by atoms with Gasteiger partial charge in [0, 0.05) is 29.9 Å². The van der Waals surface area contributed by atoms with E-state index in [1.165, 1.54) is 0 Å². The third-order valence-corrected chi connectivity index (χ3v) is 14.3. The Bertz CT molecular complexity index is 1700. The second-order valence-corrected chi connectivity index (χ2v) is 17.1. The van der Waals surface area contributed by atoms with Crippen LogP contribution in [0.4, 0.5) is 5.69 Å². The number of ketones is 1. The fourth-order valence-electron chi connectivity index (χ4n) is 11.4. The first-order valence-corrected chi connectivity index (χ1v) is 19.3. The van der Waals surface area contributed by atoms with Gasteiger partial charge in [-0.1, -0.05) is 51.7 Å². The zero-order chi connectivity index (χ0) is 36.9. The number of pyridine rings is 1. The second-order valence-electron chi connectivity index (χ2n) is 17.1. The molecule has 1 aromatic carbocycles. The summed E-state index contributed by atoms with van der Waals surface area (Å²) in [5.41, 5.74) is 3.40. The maximum atomic E-state index is 12.3. The van der Waals surface area contributed by atoms with Crippen LogP contribution in [0.25, 0.3) is 0 Å². The van der Waals surface area contributed by atoms with Crippen LogP contribution in [0, 0.1) is 65.1 Å². The molecule has 0 radical (unpaired) electrons. The number of rotatable bonds is 9. The molecular weight excluding hydrogens is 640 g/mol. The molecule has 0 saturated heterocycles. The molecule has 8 heteroatoms. The van der Waals surface area contributed by atoms with Gasteiger partial charge < -0.3 is 25.7 Å². The van der Waals surface area contributed by atoms with Crippen molar-refractivity contribution in [1.29, 1.82) is 0 Å². The summed E-state index contributed by atoms with van der Waals surface area (Å²) < 4.78 is 0. The van der Waals surface area contributed by atoms with Gasteiger partial charge in [0.25, 0.3) is 0 Å². The summed E-state index contributed by atoms with van der Waals surface area (Å²) in [6, 6.07) is 9.92. The first kappa shape index (κ1) is 37.5. The largest absolute Gasteiger partial charge is 0.481 e. The number of hydrogen-bond acceptors (Lipinski definition) is 7. The van der Waals surface area contributed by atoms with Crippen LogP contribution in [0.2, 0.25) is 0 Å². The number of aromatic nitrogens is 1. The number of Topliss-reactive ketones (excluding diaryl/α,β-unsaturated/α-hetero) is 1. The Balaban J connectivity index is 1.12. The first-order chi connectivity index (χ1) is 24.1. The molecule has 51 heavy (non-hydrogen) atoms. The molecule has 0 spiro atoms. The summed E-state index contributed by atoms with van der Waals surface area (Å²) in [5, 5.41) is 48.2. The average molecular weight is 699 g/mol. The SMILES string of the molecule is CCc1cc(NCc2ccc(C#CC3(O)CCC4(C)C(CC(O)C5C4CC(O)C4(C)C(C(C)CCC(=O)O)CCC54)C3)cc2)c(C(C)=O)c(C)n1. The van der Waals surface area contributed by atoms with Gasteiger partial charge in [-0.05, 0) is 142 Å². The maximum Gasteiger partial charge on any atom is 0.303 e. The van der Waals surface area contributed by atoms with Crippen LogP contribution in [0.3, 0.4) is 0 Å². The Morgan fingerprint density at radius 3 is 2.47 bits per heavy atom. The Kier molecular flexibility index (Phi) is 10.5. The van der Waals surface area contributed by atoms with Crippen molar-refractivity contribution in [2.75, 3.05) is 5.32 Å². The van der Waals surface area contributed by atoms with Gasteiger partial charge in [0.05, 0.1) is 23.5 Å². The minimum absolute atomic E-state index is 0.0121. The van der Waals surface area contributed by atoms with Crippen LogP contribution >= 0.6 is 0 Å². The predicted molar refractivity (Wildman–Crippen MR) is 198 cm³/mol. The molecule has 0 aliphatic heterocycles. The second kappa shape index (κ2) is 14.3. The highest BCUT2D eigenvalue weighted by atomic mass is 16.4. The number of carbonyl (C=O) groups excluding carboxylic acids is 1. The van der Waals surface area contributed by atoms with Crippen LogP contribution in [-0.4, -0.2) is 55.0 Å². The lowest BCUT2D eigenvalue weighted by atomic mass is 9.42. The lowest BCUT2D eigenvalue weighted by Crippen LogP contribution is -2.63. The van der Waals surface area contributed by atoms with Gasteiger partial charge in [0.1, 0.15) is 5.60 Å². The Morgan fingerprint density at radius 2 is 1.80 bits per heavy atom. The molecule has 6 rings (SSSR count). The number of nitrogens with zero attached hydrogens (tertiary/aromatic N) is 1. The Morgan fingerprint density at radius 1 is 1.08 bits per heavy atom. The summed E-state index contributed by atoms with van der Waals surface area (Å²) in [7, 11) is 0. The van der Waals surface area contributed by atoms with E-state index in [2.05, 4.69) is 42.9 Å². The fourth-order valence-corrected chi connectivity index (χ4v) is 11.4. The molecule has 5 N–H and O–H groups in total. The number of aliphatic carboxylic acids is 1. The first-order valence-electron chi connectivity index (χ1n) is 19.3. The molecule has 4 fully saturated rings. The Hall–Kier alpha value is -3.25. The van der Waals surface area contributed by atoms with Crippen molar-refractivity contribution in [3.63, 3.8) is 0 Å². The normalized spacial score (nSPS) is 36.1. The number of hydrogen-bond donors (Lipinski definition) is 5. The smallest absolute Gasteiger partial charge is 0.303 e. The summed E-state index contributed by atoms with van der Waals surface area (Å²) in [6.07, 6.45) is 5.63. The van der Waals surface area contributed by atoms with Crippen LogP contribution in [0.1, 0.15) is 125 Å². The summed E-state index contributed by atoms with van der Waals surface area (Å²) in [4.78, 5) is 28.2. The number of benzene rings is 1. The molecule has 0 amide bonds. The van der Waals surface area contributed by atoms with E-state index in [-0.39, 0.29) is 58.5 Å². The zero-order valence-electron chi connectivity index (χ0n) is 31.3. The minimum atomic E-state index is -1.14. The van der Waals surface area contributed by atoms with Crippen molar-refractivity contribution in [3.05, 3.63) is 58.4 Å². The number of carboxylic acids is 1. The van der Waals surface area contributed by atoms with E-state index in [1.54, 1.807) is 6.92 Å².